The first kappa shape index (κ1) is 23.4. The van der Waals surface area contributed by atoms with Gasteiger partial charge in [-0.3, -0.25) is 9.78 Å². The number of halogens is 2. The Bertz CT molecular complexity index is 1210. The van der Waals surface area contributed by atoms with Crippen LogP contribution in [0, 0.1) is 11.6 Å². The number of hydrogen-bond donors (Lipinski definition) is 4. The number of nitrogens with zero attached hydrogens (tertiary/aromatic N) is 2. The van der Waals surface area contributed by atoms with Gasteiger partial charge in [0.15, 0.2) is 23.2 Å². The second-order valence-electron chi connectivity index (χ2n) is 8.15. The van der Waals surface area contributed by atoms with E-state index in [1.165, 1.54) is 19.4 Å². The van der Waals surface area contributed by atoms with E-state index < -0.39 is 17.5 Å². The Morgan fingerprint density at radius 3 is 2.68 bits per heavy atom. The SMILES string of the molecule is COc1cccc(-c2cc(Nc3nc(NC4CCCC[C@@H]4N)c(F)cc3C(N)=O)ccn2)c1F. The predicted molar refractivity (Wildman–Crippen MR) is 126 cm³/mol. The normalized spacial score (nSPS) is 17.8. The van der Waals surface area contributed by atoms with E-state index in [0.29, 0.717) is 11.4 Å². The summed E-state index contributed by atoms with van der Waals surface area (Å²) in [5.74, 6) is -1.98. The molecule has 1 aromatic carbocycles. The second-order valence-corrected chi connectivity index (χ2v) is 8.15. The van der Waals surface area contributed by atoms with Crippen molar-refractivity contribution in [3.05, 3.63) is 59.8 Å². The summed E-state index contributed by atoms with van der Waals surface area (Å²) >= 11 is 0. The number of anilines is 3. The Labute approximate surface area is 195 Å². The molecule has 0 bridgehead atoms. The third-order valence-corrected chi connectivity index (χ3v) is 5.86. The number of nitrogens with two attached hydrogens (primary N) is 2. The Balaban J connectivity index is 1.67. The zero-order chi connectivity index (χ0) is 24.2. The van der Waals surface area contributed by atoms with Crippen molar-refractivity contribution in [3.63, 3.8) is 0 Å². The van der Waals surface area contributed by atoms with Gasteiger partial charge in [0, 0.05) is 29.5 Å². The molecule has 34 heavy (non-hydrogen) atoms. The molecule has 1 aliphatic carbocycles. The van der Waals surface area contributed by atoms with Crippen LogP contribution in [0.25, 0.3) is 11.3 Å². The van der Waals surface area contributed by atoms with Crippen LogP contribution in [-0.4, -0.2) is 35.1 Å². The van der Waals surface area contributed by atoms with Crippen LogP contribution >= 0.6 is 0 Å². The van der Waals surface area contributed by atoms with E-state index in [2.05, 4.69) is 20.6 Å². The summed E-state index contributed by atoms with van der Waals surface area (Å²) in [6.07, 6.45) is 5.12. The lowest BCUT2D eigenvalue weighted by molar-refractivity contribution is 0.100. The fourth-order valence-corrected chi connectivity index (χ4v) is 4.05. The molecule has 2 aromatic heterocycles. The third kappa shape index (κ3) is 4.91. The van der Waals surface area contributed by atoms with Gasteiger partial charge >= 0.3 is 0 Å². The fraction of sp³-hybridized carbons (Fsp3) is 0.292. The van der Waals surface area contributed by atoms with E-state index in [1.54, 1.807) is 24.3 Å². The maximum absolute atomic E-state index is 14.7. The number of carbonyl (C=O) groups excluding carboxylic acids is 1. The van der Waals surface area contributed by atoms with Crippen LogP contribution < -0.4 is 26.8 Å². The molecule has 3 aromatic rings. The number of primary amides is 1. The first-order valence-corrected chi connectivity index (χ1v) is 11.0. The van der Waals surface area contributed by atoms with Gasteiger partial charge in [0.2, 0.25) is 0 Å². The lowest BCUT2D eigenvalue weighted by Gasteiger charge is -2.30. The second kappa shape index (κ2) is 10.0. The highest BCUT2D eigenvalue weighted by molar-refractivity contribution is 5.98. The van der Waals surface area contributed by atoms with E-state index >= 15 is 0 Å². The molecular formula is C24H26F2N6O2. The lowest BCUT2D eigenvalue weighted by atomic mass is 9.91. The highest BCUT2D eigenvalue weighted by Crippen LogP contribution is 2.31. The minimum atomic E-state index is -0.845. The number of pyridine rings is 2. The molecule has 1 unspecified atom stereocenters. The van der Waals surface area contributed by atoms with Crippen LogP contribution in [0.2, 0.25) is 0 Å². The Hall–Kier alpha value is -3.79. The quantitative estimate of drug-likeness (QED) is 0.413. The van der Waals surface area contributed by atoms with Gasteiger partial charge in [0.1, 0.15) is 5.82 Å². The summed E-state index contributed by atoms with van der Waals surface area (Å²) in [6.45, 7) is 0. The first-order chi connectivity index (χ1) is 16.4. The summed E-state index contributed by atoms with van der Waals surface area (Å²) < 4.78 is 34.5. The molecule has 4 rings (SSSR count). The van der Waals surface area contributed by atoms with Gasteiger partial charge in [-0.25, -0.2) is 13.8 Å². The van der Waals surface area contributed by atoms with E-state index in [-0.39, 0.29) is 40.6 Å². The number of hydrogen-bond acceptors (Lipinski definition) is 7. The molecule has 6 N–H and O–H groups in total. The number of methoxy groups -OCH3 is 1. The van der Waals surface area contributed by atoms with Crippen molar-refractivity contribution >= 4 is 23.2 Å². The van der Waals surface area contributed by atoms with E-state index in [1.807, 2.05) is 0 Å². The summed E-state index contributed by atoms with van der Waals surface area (Å²) in [5, 5.41) is 6.05. The zero-order valence-corrected chi connectivity index (χ0v) is 18.6. The summed E-state index contributed by atoms with van der Waals surface area (Å²) in [4.78, 5) is 20.5. The minimum Gasteiger partial charge on any atom is -0.494 e. The average Bonchev–Trinajstić information content (AvgIpc) is 2.82. The molecule has 0 spiro atoms. The van der Waals surface area contributed by atoms with Crippen LogP contribution in [0.15, 0.2) is 42.6 Å². The smallest absolute Gasteiger partial charge is 0.252 e. The lowest BCUT2D eigenvalue weighted by Crippen LogP contribution is -2.43. The van der Waals surface area contributed by atoms with Crippen LogP contribution in [-0.2, 0) is 0 Å². The fourth-order valence-electron chi connectivity index (χ4n) is 4.05. The molecule has 178 valence electrons. The van der Waals surface area contributed by atoms with Crippen LogP contribution in [0.1, 0.15) is 36.0 Å². The summed E-state index contributed by atoms with van der Waals surface area (Å²) in [5.41, 5.74) is 12.5. The summed E-state index contributed by atoms with van der Waals surface area (Å²) in [7, 11) is 1.38. The summed E-state index contributed by atoms with van der Waals surface area (Å²) in [6, 6.07) is 8.71. The van der Waals surface area contributed by atoms with Crippen molar-refractivity contribution in [2.24, 2.45) is 11.5 Å². The number of amides is 1. The number of rotatable bonds is 7. The maximum atomic E-state index is 14.7. The molecule has 1 fully saturated rings. The van der Waals surface area contributed by atoms with Crippen molar-refractivity contribution in [2.45, 2.75) is 37.8 Å². The molecule has 0 radical (unpaired) electrons. The van der Waals surface area contributed by atoms with Crippen molar-refractivity contribution in [2.75, 3.05) is 17.7 Å². The van der Waals surface area contributed by atoms with Gasteiger partial charge in [-0.05, 0) is 43.2 Å². The van der Waals surface area contributed by atoms with Gasteiger partial charge in [-0.2, -0.15) is 0 Å². The maximum Gasteiger partial charge on any atom is 0.252 e. The Kier molecular flexibility index (Phi) is 6.87. The van der Waals surface area contributed by atoms with Gasteiger partial charge in [0.05, 0.1) is 18.4 Å². The number of aromatic nitrogens is 2. The largest absolute Gasteiger partial charge is 0.494 e. The van der Waals surface area contributed by atoms with Crippen molar-refractivity contribution < 1.29 is 18.3 Å². The van der Waals surface area contributed by atoms with E-state index in [9.17, 15) is 13.6 Å². The van der Waals surface area contributed by atoms with Crippen LogP contribution in [0.5, 0.6) is 5.75 Å². The van der Waals surface area contributed by atoms with Gasteiger partial charge < -0.3 is 26.8 Å². The van der Waals surface area contributed by atoms with E-state index in [4.69, 9.17) is 16.2 Å². The number of carbonyl (C=O) groups is 1. The van der Waals surface area contributed by atoms with Gasteiger partial charge in [0.25, 0.3) is 5.91 Å². The molecule has 0 aliphatic heterocycles. The average molecular weight is 469 g/mol. The number of nitrogens with one attached hydrogen (secondary N) is 2. The number of ether oxygens (including phenoxy) is 1. The topological polar surface area (TPSA) is 128 Å². The van der Waals surface area contributed by atoms with E-state index in [0.717, 1.165) is 31.7 Å². The van der Waals surface area contributed by atoms with Crippen molar-refractivity contribution in [1.82, 2.24) is 9.97 Å². The van der Waals surface area contributed by atoms with Gasteiger partial charge in [-0.15, -0.1) is 0 Å². The Morgan fingerprint density at radius 2 is 1.94 bits per heavy atom. The van der Waals surface area contributed by atoms with Crippen LogP contribution in [0.3, 0.4) is 0 Å². The first-order valence-electron chi connectivity index (χ1n) is 11.0. The minimum absolute atomic E-state index is 0.0250. The standard InChI is InChI=1S/C24H26F2N6O2/c1-34-20-8-4-5-14(21(20)26)19-11-13(9-10-29-19)30-23-15(22(28)33)12-16(25)24(32-23)31-18-7-3-2-6-17(18)27/h4-5,8-12,17-18H,2-3,6-7,27H2,1H3,(H2,28,33)(H2,29,30,31,32)/t17-,18?/m0/s1. The molecule has 1 aliphatic rings. The molecule has 1 saturated carbocycles. The molecule has 2 atom stereocenters. The molecule has 2 heterocycles. The van der Waals surface area contributed by atoms with Crippen LogP contribution in [0.4, 0.5) is 26.1 Å². The molecular weight excluding hydrogens is 442 g/mol. The molecule has 8 nitrogen and oxygen atoms in total. The van der Waals surface area contributed by atoms with Gasteiger partial charge in [-0.1, -0.05) is 18.9 Å². The number of benzene rings is 1. The molecule has 10 heteroatoms. The highest BCUT2D eigenvalue weighted by atomic mass is 19.1. The monoisotopic (exact) mass is 468 g/mol. The van der Waals surface area contributed by atoms with Crippen molar-refractivity contribution in [3.8, 4) is 17.0 Å². The molecule has 0 saturated heterocycles. The predicted octanol–water partition coefficient (Wildman–Crippen LogP) is 3.95. The van der Waals surface area contributed by atoms with Crippen molar-refractivity contribution in [1.29, 1.82) is 0 Å². The molecule has 1 amide bonds. The third-order valence-electron chi connectivity index (χ3n) is 5.86. The Morgan fingerprint density at radius 1 is 1.15 bits per heavy atom. The highest BCUT2D eigenvalue weighted by Gasteiger charge is 2.24. The zero-order valence-electron chi connectivity index (χ0n) is 18.6.